The number of aryl methyl sites for hydroxylation is 2. The number of aromatic amines is 1. The lowest BCUT2D eigenvalue weighted by molar-refractivity contribution is -0.159. The van der Waals surface area contributed by atoms with Crippen LogP contribution < -0.4 is 5.10 Å². The molecule has 1 aliphatic carbocycles. The Morgan fingerprint density at radius 3 is 2.60 bits per heavy atom. The maximum absolute atomic E-state index is 12.7. The van der Waals surface area contributed by atoms with Crippen molar-refractivity contribution in [1.82, 2.24) is 19.7 Å². The minimum atomic E-state index is -0.735. The predicted molar refractivity (Wildman–Crippen MR) is 154 cm³/mol. The molecule has 10 nitrogen and oxygen atoms in total. The SMILES string of the molecule is COC(=O)c1ccc(-c2cn(CCc3c([C@@H]4C[C@H]5[C@@H](CC[C@H](O)[C@@H]5C(=O)OC)CN4C#N)[nH]c4ccccc34)[n-]2)cc1. The molecule has 3 heterocycles. The number of aliphatic hydroxyl groups is 1. The van der Waals surface area contributed by atoms with Crippen LogP contribution >= 0.6 is 0 Å². The van der Waals surface area contributed by atoms with Gasteiger partial charge in [-0.15, -0.1) is 5.69 Å². The van der Waals surface area contributed by atoms with E-state index < -0.39 is 12.0 Å². The summed E-state index contributed by atoms with van der Waals surface area (Å²) in [6, 6.07) is 15.0. The molecule has 2 aromatic heterocycles. The van der Waals surface area contributed by atoms with Crippen molar-refractivity contribution in [3.8, 4) is 17.5 Å². The number of nitrogens with one attached hydrogen (secondary N) is 1. The third kappa shape index (κ3) is 4.94. The molecule has 4 aromatic rings. The van der Waals surface area contributed by atoms with Gasteiger partial charge < -0.3 is 34.2 Å². The molecule has 5 atom stereocenters. The Labute approximate surface area is 243 Å². The molecule has 218 valence electrons. The maximum Gasteiger partial charge on any atom is 0.337 e. The summed E-state index contributed by atoms with van der Waals surface area (Å²) >= 11 is 0. The molecule has 0 bridgehead atoms. The number of hydrogen-bond donors (Lipinski definition) is 2. The average Bonchev–Trinajstić information content (AvgIpc) is 3.37. The Hall–Kier alpha value is -4.49. The van der Waals surface area contributed by atoms with Gasteiger partial charge in [0.1, 0.15) is 0 Å². The molecule has 2 aliphatic rings. The van der Waals surface area contributed by atoms with Crippen molar-refractivity contribution >= 4 is 22.8 Å². The van der Waals surface area contributed by atoms with Crippen LogP contribution in [0.1, 0.15) is 46.9 Å². The van der Waals surface area contributed by atoms with E-state index in [0.717, 1.165) is 39.8 Å². The normalized spacial score (nSPS) is 23.8. The van der Waals surface area contributed by atoms with E-state index in [4.69, 9.17) is 9.47 Å². The maximum atomic E-state index is 12.7. The first-order chi connectivity index (χ1) is 20.4. The average molecular weight is 569 g/mol. The molecule has 6 rings (SSSR count). The van der Waals surface area contributed by atoms with Crippen LogP contribution in [0.15, 0.2) is 54.7 Å². The van der Waals surface area contributed by atoms with E-state index in [1.807, 2.05) is 46.1 Å². The smallest absolute Gasteiger partial charge is 0.337 e. The summed E-state index contributed by atoms with van der Waals surface area (Å²) in [6.07, 6.45) is 6.25. The zero-order valence-corrected chi connectivity index (χ0v) is 23.7. The van der Waals surface area contributed by atoms with Gasteiger partial charge >= 0.3 is 11.9 Å². The first-order valence-corrected chi connectivity index (χ1v) is 14.3. The van der Waals surface area contributed by atoms with E-state index in [1.54, 1.807) is 12.1 Å². The molecule has 0 spiro atoms. The van der Waals surface area contributed by atoms with Gasteiger partial charge in [0.25, 0.3) is 0 Å². The lowest BCUT2D eigenvalue weighted by atomic mass is 9.65. The van der Waals surface area contributed by atoms with Crippen molar-refractivity contribution in [3.05, 3.63) is 71.5 Å². The number of piperidine rings is 1. The minimum Gasteiger partial charge on any atom is -0.594 e. The highest BCUT2D eigenvalue weighted by Gasteiger charge is 2.49. The third-order valence-corrected chi connectivity index (χ3v) is 9.10. The molecule has 42 heavy (non-hydrogen) atoms. The Balaban J connectivity index is 1.25. The molecule has 2 fully saturated rings. The summed E-state index contributed by atoms with van der Waals surface area (Å²) in [5.41, 5.74) is 5.35. The number of rotatable bonds is 7. The fraction of sp³-hybridized carbons (Fsp3) is 0.406. The number of ether oxygens (including phenoxy) is 2. The number of benzene rings is 2. The second-order valence-corrected chi connectivity index (χ2v) is 11.3. The number of hydrogen-bond acceptors (Lipinski definition) is 7. The number of aromatic nitrogens is 3. The number of nitriles is 1. The van der Waals surface area contributed by atoms with Crippen LogP contribution in [0.4, 0.5) is 0 Å². The van der Waals surface area contributed by atoms with Crippen molar-refractivity contribution in [2.75, 3.05) is 20.8 Å². The quantitative estimate of drug-likeness (QED) is 0.252. The van der Waals surface area contributed by atoms with Crippen LogP contribution in [0.2, 0.25) is 0 Å². The largest absolute Gasteiger partial charge is 0.594 e. The standard InChI is InChI=1S/C32H34N5O5/c1-41-31(39)20-9-7-19(8-10-20)26-17-37(35-26)14-13-23-22-5-3-4-6-25(22)34-30(23)27-15-24-21(16-36(27)18-33)11-12-28(38)29(24)32(40)42-2/h3-10,17,21,24,27-29,34,38H,11-16H2,1-2H3/q-1/t21-,24-,27-,28-,29+/m0/s1. The molecule has 0 radical (unpaired) electrons. The summed E-state index contributed by atoms with van der Waals surface area (Å²) in [5, 5.41) is 26.7. The fourth-order valence-electron chi connectivity index (χ4n) is 6.96. The second kappa shape index (κ2) is 11.4. The van der Waals surface area contributed by atoms with Gasteiger partial charge in [0.15, 0.2) is 6.19 Å². The first kappa shape index (κ1) is 27.7. The van der Waals surface area contributed by atoms with Crippen LogP contribution in [0.5, 0.6) is 0 Å². The molecule has 2 N–H and O–H groups in total. The number of H-pyrrole nitrogens is 1. The van der Waals surface area contributed by atoms with Gasteiger partial charge in [0.05, 0.1) is 37.8 Å². The summed E-state index contributed by atoms with van der Waals surface area (Å²) in [6.45, 7) is 1.19. The minimum absolute atomic E-state index is 0.0727. The highest BCUT2D eigenvalue weighted by Crippen LogP contribution is 2.47. The van der Waals surface area contributed by atoms with E-state index in [2.05, 4.69) is 22.3 Å². The molecular formula is C32H34N5O5-. The van der Waals surface area contributed by atoms with E-state index in [1.165, 1.54) is 14.2 Å². The molecular weight excluding hydrogens is 534 g/mol. The molecule has 0 unspecified atom stereocenters. The number of carbonyl (C=O) groups is 2. The van der Waals surface area contributed by atoms with Gasteiger partial charge in [0.2, 0.25) is 0 Å². The highest BCUT2D eigenvalue weighted by atomic mass is 16.5. The van der Waals surface area contributed by atoms with Crippen LogP contribution in [0.25, 0.3) is 22.2 Å². The van der Waals surface area contributed by atoms with E-state index in [9.17, 15) is 20.0 Å². The number of methoxy groups -OCH3 is 2. The Morgan fingerprint density at radius 1 is 1.12 bits per heavy atom. The van der Waals surface area contributed by atoms with E-state index in [0.29, 0.717) is 37.9 Å². The molecule has 1 saturated carbocycles. The zero-order valence-electron chi connectivity index (χ0n) is 23.7. The highest BCUT2D eigenvalue weighted by molar-refractivity contribution is 5.90. The first-order valence-electron chi connectivity index (χ1n) is 14.3. The predicted octanol–water partition coefficient (Wildman–Crippen LogP) is 4.03. The Morgan fingerprint density at radius 2 is 1.88 bits per heavy atom. The monoisotopic (exact) mass is 568 g/mol. The molecule has 1 aliphatic heterocycles. The number of para-hydroxylation sites is 1. The van der Waals surface area contributed by atoms with Gasteiger partial charge in [0, 0.05) is 29.7 Å². The molecule has 0 amide bonds. The third-order valence-electron chi connectivity index (χ3n) is 9.10. The number of nitrogens with zero attached hydrogens (tertiary/aromatic N) is 4. The fourth-order valence-corrected chi connectivity index (χ4v) is 6.96. The van der Waals surface area contributed by atoms with Crippen LogP contribution in [-0.4, -0.2) is 58.5 Å². The van der Waals surface area contributed by atoms with Crippen LogP contribution in [0, 0.1) is 29.2 Å². The zero-order chi connectivity index (χ0) is 29.4. The van der Waals surface area contributed by atoms with Crippen molar-refractivity contribution in [3.63, 3.8) is 0 Å². The summed E-state index contributed by atoms with van der Waals surface area (Å²) in [7, 11) is 2.73. The lowest BCUT2D eigenvalue weighted by Crippen LogP contribution is -2.51. The Kier molecular flexibility index (Phi) is 7.52. The van der Waals surface area contributed by atoms with Crippen LogP contribution in [-0.2, 0) is 27.2 Å². The molecule has 1 saturated heterocycles. The number of carbonyl (C=O) groups excluding carboxylic acids is 2. The van der Waals surface area contributed by atoms with Gasteiger partial charge in [-0.1, -0.05) is 30.3 Å². The lowest BCUT2D eigenvalue weighted by Gasteiger charge is -2.47. The molecule has 2 aromatic carbocycles. The van der Waals surface area contributed by atoms with Crippen molar-refractivity contribution in [2.24, 2.45) is 17.8 Å². The van der Waals surface area contributed by atoms with Crippen molar-refractivity contribution in [1.29, 1.82) is 5.26 Å². The van der Waals surface area contributed by atoms with Gasteiger partial charge in [-0.25, -0.2) is 4.79 Å². The molecule has 10 heteroatoms. The summed E-state index contributed by atoms with van der Waals surface area (Å²) < 4.78 is 11.8. The Bertz CT molecular complexity index is 1610. The number of fused-ring (bicyclic) bond motifs is 2. The van der Waals surface area contributed by atoms with Gasteiger partial charge in [-0.3, -0.25) is 4.79 Å². The van der Waals surface area contributed by atoms with E-state index in [-0.39, 0.29) is 29.8 Å². The number of esters is 2. The van der Waals surface area contributed by atoms with E-state index >= 15 is 0 Å². The van der Waals surface area contributed by atoms with Gasteiger partial charge in [-0.2, -0.15) is 5.26 Å². The van der Waals surface area contributed by atoms with Crippen LogP contribution in [0.3, 0.4) is 0 Å². The second-order valence-electron chi connectivity index (χ2n) is 11.3. The number of likely N-dealkylation sites (tertiary alicyclic amines) is 1. The van der Waals surface area contributed by atoms with Gasteiger partial charge in [-0.05, 0) is 73.0 Å². The van der Waals surface area contributed by atoms with Crippen molar-refractivity contribution < 1.29 is 24.2 Å². The summed E-state index contributed by atoms with van der Waals surface area (Å²) in [4.78, 5) is 29.9. The number of aliphatic hydroxyl groups excluding tert-OH is 1. The topological polar surface area (TPSA) is 135 Å². The summed E-state index contributed by atoms with van der Waals surface area (Å²) in [5.74, 6) is -1.26. The van der Waals surface area contributed by atoms with Crippen molar-refractivity contribution in [2.45, 2.75) is 44.4 Å².